The third kappa shape index (κ3) is 3.44. The van der Waals surface area contributed by atoms with Crippen molar-refractivity contribution in [2.45, 2.75) is 45.1 Å². The van der Waals surface area contributed by atoms with Crippen LogP contribution in [0.15, 0.2) is 33.4 Å². The minimum absolute atomic E-state index is 0.0219. The van der Waals surface area contributed by atoms with E-state index < -0.39 is 0 Å². The Hall–Kier alpha value is -2.67. The van der Waals surface area contributed by atoms with E-state index in [4.69, 9.17) is 8.94 Å². The molecule has 5 heterocycles. The number of furan rings is 1. The van der Waals surface area contributed by atoms with Gasteiger partial charge in [-0.25, -0.2) is 4.98 Å². The van der Waals surface area contributed by atoms with Gasteiger partial charge in [0.1, 0.15) is 5.69 Å². The Bertz CT molecular complexity index is 997. The Labute approximate surface area is 169 Å². The van der Waals surface area contributed by atoms with Crippen LogP contribution >= 0.6 is 0 Å². The average molecular weight is 394 g/mol. The summed E-state index contributed by atoms with van der Waals surface area (Å²) in [5.74, 6) is 0.632. The maximum absolute atomic E-state index is 13.5. The number of aromatic nitrogens is 2. The van der Waals surface area contributed by atoms with E-state index in [-0.39, 0.29) is 5.91 Å². The summed E-state index contributed by atoms with van der Waals surface area (Å²) in [6.07, 6.45) is 7.62. The van der Waals surface area contributed by atoms with Gasteiger partial charge < -0.3 is 18.7 Å². The highest BCUT2D eigenvalue weighted by Gasteiger charge is 2.30. The minimum atomic E-state index is 0.0219. The highest BCUT2D eigenvalue weighted by molar-refractivity contribution is 6.06. The zero-order valence-electron chi connectivity index (χ0n) is 16.8. The molecule has 3 aromatic rings. The van der Waals surface area contributed by atoms with E-state index >= 15 is 0 Å². The van der Waals surface area contributed by atoms with Crippen molar-refractivity contribution in [3.05, 3.63) is 35.7 Å². The van der Waals surface area contributed by atoms with Gasteiger partial charge in [-0.15, -0.1) is 0 Å². The van der Waals surface area contributed by atoms with E-state index in [2.05, 4.69) is 15.0 Å². The number of likely N-dealkylation sites (tertiary alicyclic amines) is 2. The molecule has 5 rings (SSSR count). The summed E-state index contributed by atoms with van der Waals surface area (Å²) in [6, 6.07) is 6.05. The van der Waals surface area contributed by atoms with Crippen LogP contribution in [0.25, 0.3) is 22.6 Å². The van der Waals surface area contributed by atoms with Crippen molar-refractivity contribution in [1.29, 1.82) is 0 Å². The molecule has 3 aromatic heterocycles. The quantitative estimate of drug-likeness (QED) is 0.671. The lowest BCUT2D eigenvalue weighted by molar-refractivity contribution is 0.0591. The molecule has 0 unspecified atom stereocenters. The second-order valence-electron chi connectivity index (χ2n) is 8.10. The summed E-state index contributed by atoms with van der Waals surface area (Å²) in [6.45, 7) is 5.82. The van der Waals surface area contributed by atoms with Gasteiger partial charge in [0.05, 0.1) is 22.9 Å². The molecule has 0 spiro atoms. The standard InChI is InChI=1S/C22H26N4O3/c1-15-20-17(14-18(19-6-5-13-28-19)23-21(20)29-24-15)22(27)26-11-7-16(8-12-26)25-9-3-2-4-10-25/h5-6,13-14,16H,2-4,7-12H2,1H3. The smallest absolute Gasteiger partial charge is 0.259 e. The van der Waals surface area contributed by atoms with Crippen LogP contribution in [-0.2, 0) is 0 Å². The summed E-state index contributed by atoms with van der Waals surface area (Å²) < 4.78 is 10.9. The molecule has 2 aliphatic rings. The van der Waals surface area contributed by atoms with Crippen molar-refractivity contribution in [3.63, 3.8) is 0 Å². The molecule has 0 atom stereocenters. The Morgan fingerprint density at radius 3 is 2.66 bits per heavy atom. The molecule has 2 fully saturated rings. The van der Waals surface area contributed by atoms with Gasteiger partial charge >= 0.3 is 0 Å². The number of hydrogen-bond acceptors (Lipinski definition) is 6. The predicted octanol–water partition coefficient (Wildman–Crippen LogP) is 3.88. The number of nitrogens with zero attached hydrogens (tertiary/aromatic N) is 4. The number of hydrogen-bond donors (Lipinski definition) is 0. The fourth-order valence-corrected chi connectivity index (χ4v) is 4.70. The molecule has 0 saturated carbocycles. The van der Waals surface area contributed by atoms with Crippen molar-refractivity contribution in [3.8, 4) is 11.5 Å². The second-order valence-corrected chi connectivity index (χ2v) is 8.10. The van der Waals surface area contributed by atoms with Crippen LogP contribution in [0.4, 0.5) is 0 Å². The van der Waals surface area contributed by atoms with Crippen molar-refractivity contribution < 1.29 is 13.7 Å². The Morgan fingerprint density at radius 2 is 1.93 bits per heavy atom. The normalized spacial score (nSPS) is 19.1. The second kappa shape index (κ2) is 7.63. The van der Waals surface area contributed by atoms with Gasteiger partial charge in [0, 0.05) is 19.1 Å². The Morgan fingerprint density at radius 1 is 1.14 bits per heavy atom. The number of carbonyl (C=O) groups is 1. The molecule has 1 amide bonds. The third-order valence-electron chi connectivity index (χ3n) is 6.28. The maximum Gasteiger partial charge on any atom is 0.259 e. The van der Waals surface area contributed by atoms with E-state index in [1.165, 1.54) is 32.4 Å². The summed E-state index contributed by atoms with van der Waals surface area (Å²) in [4.78, 5) is 22.5. The van der Waals surface area contributed by atoms with Crippen LogP contribution in [-0.4, -0.2) is 58.1 Å². The van der Waals surface area contributed by atoms with Crippen molar-refractivity contribution in [2.75, 3.05) is 26.2 Å². The Balaban J connectivity index is 1.40. The van der Waals surface area contributed by atoms with E-state index in [9.17, 15) is 4.79 Å². The number of pyridine rings is 1. The summed E-state index contributed by atoms with van der Waals surface area (Å²) in [5.41, 5.74) is 2.25. The molecular formula is C22H26N4O3. The number of fused-ring (bicyclic) bond motifs is 1. The van der Waals surface area contributed by atoms with Crippen LogP contribution in [0.5, 0.6) is 0 Å². The van der Waals surface area contributed by atoms with Crippen molar-refractivity contribution >= 4 is 17.0 Å². The number of aryl methyl sites for hydroxylation is 1. The van der Waals surface area contributed by atoms with Gasteiger partial charge in [0.15, 0.2) is 5.76 Å². The van der Waals surface area contributed by atoms with Gasteiger partial charge in [-0.3, -0.25) is 4.79 Å². The van der Waals surface area contributed by atoms with Gasteiger partial charge in [-0.1, -0.05) is 11.6 Å². The molecule has 29 heavy (non-hydrogen) atoms. The minimum Gasteiger partial charge on any atom is -0.463 e. The maximum atomic E-state index is 13.5. The highest BCUT2D eigenvalue weighted by atomic mass is 16.5. The largest absolute Gasteiger partial charge is 0.463 e. The topological polar surface area (TPSA) is 75.6 Å². The van der Waals surface area contributed by atoms with Crippen LogP contribution in [0.1, 0.15) is 48.2 Å². The summed E-state index contributed by atoms with van der Waals surface area (Å²) in [7, 11) is 0. The molecule has 0 aliphatic carbocycles. The van der Waals surface area contributed by atoms with Crippen molar-refractivity contribution in [1.82, 2.24) is 19.9 Å². The Kier molecular flexibility index (Phi) is 4.83. The average Bonchev–Trinajstić information content (AvgIpc) is 3.44. The predicted molar refractivity (Wildman–Crippen MR) is 109 cm³/mol. The van der Waals surface area contributed by atoms with E-state index in [0.717, 1.165) is 25.9 Å². The fraction of sp³-hybridized carbons (Fsp3) is 0.500. The number of rotatable bonds is 3. The zero-order chi connectivity index (χ0) is 19.8. The molecular weight excluding hydrogens is 368 g/mol. The molecule has 0 N–H and O–H groups in total. The molecule has 0 radical (unpaired) electrons. The molecule has 0 bridgehead atoms. The molecule has 0 aromatic carbocycles. The van der Waals surface area contributed by atoms with Crippen molar-refractivity contribution in [2.24, 2.45) is 0 Å². The van der Waals surface area contributed by atoms with Crippen LogP contribution in [0.3, 0.4) is 0 Å². The first-order valence-corrected chi connectivity index (χ1v) is 10.5. The number of piperidine rings is 2. The lowest BCUT2D eigenvalue weighted by Crippen LogP contribution is -2.48. The lowest BCUT2D eigenvalue weighted by atomic mass is 9.99. The molecule has 2 saturated heterocycles. The third-order valence-corrected chi connectivity index (χ3v) is 6.28. The first-order chi connectivity index (χ1) is 14.2. The molecule has 2 aliphatic heterocycles. The molecule has 7 heteroatoms. The van der Waals surface area contributed by atoms with Crippen LogP contribution < -0.4 is 0 Å². The van der Waals surface area contributed by atoms with E-state index in [1.54, 1.807) is 12.3 Å². The van der Waals surface area contributed by atoms with Gasteiger partial charge in [-0.05, 0) is 63.9 Å². The van der Waals surface area contributed by atoms with Crippen LogP contribution in [0, 0.1) is 6.92 Å². The molecule has 152 valence electrons. The van der Waals surface area contributed by atoms with E-state index in [1.807, 2.05) is 24.0 Å². The van der Waals surface area contributed by atoms with E-state index in [0.29, 0.717) is 39.9 Å². The number of amides is 1. The monoisotopic (exact) mass is 394 g/mol. The fourth-order valence-electron chi connectivity index (χ4n) is 4.70. The van der Waals surface area contributed by atoms with Gasteiger partial charge in [-0.2, -0.15) is 0 Å². The summed E-state index contributed by atoms with van der Waals surface area (Å²) in [5, 5.41) is 4.73. The first kappa shape index (κ1) is 18.4. The first-order valence-electron chi connectivity index (χ1n) is 10.5. The lowest BCUT2D eigenvalue weighted by Gasteiger charge is -2.40. The van der Waals surface area contributed by atoms with Crippen LogP contribution in [0.2, 0.25) is 0 Å². The van der Waals surface area contributed by atoms with Gasteiger partial charge in [0.25, 0.3) is 11.6 Å². The number of carbonyl (C=O) groups excluding carboxylic acids is 1. The molecule has 7 nitrogen and oxygen atoms in total. The summed E-state index contributed by atoms with van der Waals surface area (Å²) >= 11 is 0. The zero-order valence-corrected chi connectivity index (χ0v) is 16.8. The SMILES string of the molecule is Cc1noc2nc(-c3ccco3)cc(C(=O)N3CCC(N4CCCCC4)CC3)c12. The highest BCUT2D eigenvalue weighted by Crippen LogP contribution is 2.29. The van der Waals surface area contributed by atoms with Gasteiger partial charge in [0.2, 0.25) is 0 Å².